The van der Waals surface area contributed by atoms with Gasteiger partial charge >= 0.3 is 0 Å². The maximum Gasteiger partial charge on any atom is 0.111 e. The van der Waals surface area contributed by atoms with E-state index < -0.39 is 0 Å². The Kier molecular flexibility index (Phi) is 2.58. The molecule has 1 aromatic rings. The summed E-state index contributed by atoms with van der Waals surface area (Å²) >= 11 is 5.84. The second-order valence-electron chi connectivity index (χ2n) is 3.02. The second-order valence-corrected chi connectivity index (χ2v) is 3.39. The van der Waals surface area contributed by atoms with Crippen molar-refractivity contribution >= 4 is 11.6 Å². The monoisotopic (exact) mass is 172 g/mol. The molecular weight excluding hydrogens is 160 g/mol. The van der Waals surface area contributed by atoms with Gasteiger partial charge in [0.1, 0.15) is 5.15 Å². The molecule has 0 saturated carbocycles. The molecule has 11 heavy (non-hydrogen) atoms. The van der Waals surface area contributed by atoms with Gasteiger partial charge in [0.15, 0.2) is 0 Å². The Labute approximate surface area is 71.7 Å². The minimum atomic E-state index is 0.0359. The van der Waals surface area contributed by atoms with Gasteiger partial charge in [-0.1, -0.05) is 25.4 Å². The number of hydrogen-bond acceptors (Lipinski definition) is 1. The van der Waals surface area contributed by atoms with E-state index >= 15 is 0 Å². The Morgan fingerprint density at radius 1 is 1.55 bits per heavy atom. The van der Waals surface area contributed by atoms with E-state index in [1.54, 1.807) is 6.20 Å². The molecule has 62 valence electrons. The van der Waals surface area contributed by atoms with Crippen LogP contribution in [0.15, 0.2) is 12.3 Å². The molecule has 1 rings (SSSR count). The van der Waals surface area contributed by atoms with Crippen LogP contribution in [0.4, 0.5) is 0 Å². The van der Waals surface area contributed by atoms with E-state index in [1.807, 2.05) is 6.07 Å². The van der Waals surface area contributed by atoms with E-state index in [1.165, 1.54) is 0 Å². The molecule has 1 heterocycles. The third kappa shape index (κ3) is 1.76. The van der Waals surface area contributed by atoms with Crippen LogP contribution in [0, 0.1) is 5.92 Å². The van der Waals surface area contributed by atoms with Crippen molar-refractivity contribution in [3.63, 3.8) is 0 Å². The number of nitrogens with two attached hydrogens (primary N) is 1. The van der Waals surface area contributed by atoms with Crippen LogP contribution in [0.2, 0.25) is 5.15 Å². The smallest absolute Gasteiger partial charge is 0.111 e. The fourth-order valence-corrected chi connectivity index (χ4v) is 1.23. The van der Waals surface area contributed by atoms with E-state index in [0.29, 0.717) is 11.1 Å². The van der Waals surface area contributed by atoms with Gasteiger partial charge in [-0.3, -0.25) is 0 Å². The van der Waals surface area contributed by atoms with Crippen LogP contribution in [-0.4, -0.2) is 4.98 Å². The molecule has 0 saturated heterocycles. The Balaban J connectivity index is 2.84. The Bertz CT molecular complexity index is 230. The highest BCUT2D eigenvalue weighted by molar-refractivity contribution is 6.30. The lowest BCUT2D eigenvalue weighted by Gasteiger charge is -2.14. The molecule has 0 fully saturated rings. The average Bonchev–Trinajstić information content (AvgIpc) is 2.33. The normalized spacial score (nSPS) is 13.9. The molecule has 2 nitrogen and oxygen atoms in total. The van der Waals surface area contributed by atoms with Crippen LogP contribution >= 0.6 is 11.6 Å². The summed E-state index contributed by atoms with van der Waals surface area (Å²) in [5, 5.41) is 0.659. The van der Waals surface area contributed by atoms with E-state index in [4.69, 9.17) is 17.3 Å². The molecule has 0 bridgehead atoms. The first-order valence-electron chi connectivity index (χ1n) is 3.71. The van der Waals surface area contributed by atoms with Crippen molar-refractivity contribution in [1.82, 2.24) is 4.98 Å². The third-order valence-electron chi connectivity index (χ3n) is 1.80. The predicted molar refractivity (Wildman–Crippen MR) is 47.6 cm³/mol. The minimum absolute atomic E-state index is 0.0359. The summed E-state index contributed by atoms with van der Waals surface area (Å²) in [7, 11) is 0. The molecule has 1 atom stereocenters. The SMILES string of the molecule is CC(C)[C@H](N)c1cc[nH]c1Cl. The van der Waals surface area contributed by atoms with Gasteiger partial charge in [0.2, 0.25) is 0 Å². The lowest BCUT2D eigenvalue weighted by atomic mass is 10.00. The summed E-state index contributed by atoms with van der Waals surface area (Å²) in [5.41, 5.74) is 6.88. The lowest BCUT2D eigenvalue weighted by molar-refractivity contribution is 0.515. The summed E-state index contributed by atoms with van der Waals surface area (Å²) < 4.78 is 0. The van der Waals surface area contributed by atoms with Crippen molar-refractivity contribution < 1.29 is 0 Å². The van der Waals surface area contributed by atoms with Crippen LogP contribution < -0.4 is 5.73 Å². The summed E-state index contributed by atoms with van der Waals surface area (Å²) in [6, 6.07) is 1.96. The molecule has 0 aliphatic heterocycles. The van der Waals surface area contributed by atoms with Crippen molar-refractivity contribution in [2.24, 2.45) is 11.7 Å². The molecule has 0 aliphatic rings. The Hall–Kier alpha value is -0.470. The van der Waals surface area contributed by atoms with Crippen LogP contribution in [0.3, 0.4) is 0 Å². The molecule has 0 aromatic carbocycles. The highest BCUT2D eigenvalue weighted by atomic mass is 35.5. The quantitative estimate of drug-likeness (QED) is 0.707. The van der Waals surface area contributed by atoms with Crippen LogP contribution in [0.5, 0.6) is 0 Å². The van der Waals surface area contributed by atoms with Crippen molar-refractivity contribution in [2.45, 2.75) is 19.9 Å². The van der Waals surface area contributed by atoms with Gasteiger partial charge in [0.05, 0.1) is 0 Å². The molecule has 0 spiro atoms. The summed E-state index contributed by atoms with van der Waals surface area (Å²) in [6.45, 7) is 4.15. The summed E-state index contributed by atoms with van der Waals surface area (Å²) in [5.74, 6) is 0.420. The zero-order valence-corrected chi connectivity index (χ0v) is 7.52. The maximum atomic E-state index is 5.88. The molecule has 1 aromatic heterocycles. The Morgan fingerprint density at radius 2 is 2.18 bits per heavy atom. The van der Waals surface area contributed by atoms with E-state index in [9.17, 15) is 0 Å². The number of halogens is 1. The molecule has 0 unspecified atom stereocenters. The van der Waals surface area contributed by atoms with Gasteiger partial charge in [0.25, 0.3) is 0 Å². The summed E-state index contributed by atoms with van der Waals surface area (Å²) in [6.07, 6.45) is 1.81. The number of nitrogens with one attached hydrogen (secondary N) is 1. The number of hydrogen-bond donors (Lipinski definition) is 2. The number of aromatic amines is 1. The van der Waals surface area contributed by atoms with Crippen LogP contribution in [-0.2, 0) is 0 Å². The highest BCUT2D eigenvalue weighted by Crippen LogP contribution is 2.24. The van der Waals surface area contributed by atoms with Gasteiger partial charge in [-0.05, 0) is 12.0 Å². The largest absolute Gasteiger partial charge is 0.352 e. The van der Waals surface area contributed by atoms with Gasteiger partial charge in [-0.25, -0.2) is 0 Å². The minimum Gasteiger partial charge on any atom is -0.352 e. The molecule has 0 amide bonds. The fourth-order valence-electron chi connectivity index (χ4n) is 0.978. The van der Waals surface area contributed by atoms with E-state index in [2.05, 4.69) is 18.8 Å². The summed E-state index contributed by atoms with van der Waals surface area (Å²) in [4.78, 5) is 2.89. The van der Waals surface area contributed by atoms with Crippen molar-refractivity contribution in [3.8, 4) is 0 Å². The number of H-pyrrole nitrogens is 1. The van der Waals surface area contributed by atoms with E-state index in [-0.39, 0.29) is 6.04 Å². The lowest BCUT2D eigenvalue weighted by Crippen LogP contribution is -2.16. The number of rotatable bonds is 2. The Morgan fingerprint density at radius 3 is 2.55 bits per heavy atom. The van der Waals surface area contributed by atoms with Crippen molar-refractivity contribution in [1.29, 1.82) is 0 Å². The molecule has 0 aliphatic carbocycles. The first-order valence-corrected chi connectivity index (χ1v) is 4.09. The first kappa shape index (κ1) is 8.62. The molecular formula is C8H13ClN2. The standard InChI is InChI=1S/C8H13ClN2/c1-5(2)7(10)6-3-4-11-8(6)9/h3-5,7,11H,10H2,1-2H3/t7-/m0/s1. The molecule has 3 N–H and O–H groups in total. The molecule has 0 radical (unpaired) electrons. The zero-order chi connectivity index (χ0) is 8.43. The second kappa shape index (κ2) is 3.28. The zero-order valence-electron chi connectivity index (χ0n) is 6.76. The highest BCUT2D eigenvalue weighted by Gasteiger charge is 2.13. The third-order valence-corrected chi connectivity index (χ3v) is 2.13. The van der Waals surface area contributed by atoms with Gasteiger partial charge in [-0.15, -0.1) is 0 Å². The predicted octanol–water partition coefficient (Wildman–Crippen LogP) is 2.32. The van der Waals surface area contributed by atoms with Crippen LogP contribution in [0.1, 0.15) is 25.5 Å². The van der Waals surface area contributed by atoms with Crippen molar-refractivity contribution in [2.75, 3.05) is 0 Å². The fraction of sp³-hybridized carbons (Fsp3) is 0.500. The average molecular weight is 173 g/mol. The number of aromatic nitrogens is 1. The topological polar surface area (TPSA) is 41.8 Å². The van der Waals surface area contributed by atoms with Crippen LogP contribution in [0.25, 0.3) is 0 Å². The van der Waals surface area contributed by atoms with Crippen molar-refractivity contribution in [3.05, 3.63) is 23.0 Å². The molecule has 3 heteroatoms. The van der Waals surface area contributed by atoms with E-state index in [0.717, 1.165) is 5.56 Å². The van der Waals surface area contributed by atoms with Gasteiger partial charge in [-0.2, -0.15) is 0 Å². The van der Waals surface area contributed by atoms with Gasteiger partial charge < -0.3 is 10.7 Å². The first-order chi connectivity index (χ1) is 5.13. The maximum absolute atomic E-state index is 5.88. The van der Waals surface area contributed by atoms with Gasteiger partial charge in [0, 0.05) is 17.8 Å².